The number of carbonyl (C=O) groups is 1. The van der Waals surface area contributed by atoms with E-state index in [4.69, 9.17) is 0 Å². The number of imidazole rings is 1. The number of benzene rings is 1. The smallest absolute Gasteiger partial charge is 0.253 e. The quantitative estimate of drug-likeness (QED) is 0.743. The summed E-state index contributed by atoms with van der Waals surface area (Å²) < 4.78 is 1.87. The Kier molecular flexibility index (Phi) is 4.06. The number of fused-ring (bicyclic) bond motifs is 1. The first-order valence-corrected chi connectivity index (χ1v) is 7.67. The van der Waals surface area contributed by atoms with Crippen molar-refractivity contribution in [3.8, 4) is 11.4 Å². The third kappa shape index (κ3) is 2.79. The topological polar surface area (TPSA) is 63.9 Å². The van der Waals surface area contributed by atoms with E-state index in [1.165, 1.54) is 0 Å². The van der Waals surface area contributed by atoms with Gasteiger partial charge in [0.1, 0.15) is 5.52 Å². The van der Waals surface area contributed by atoms with Crippen LogP contribution in [0.5, 0.6) is 0 Å². The van der Waals surface area contributed by atoms with Crippen molar-refractivity contribution in [2.45, 2.75) is 13.8 Å². The third-order valence-electron chi connectivity index (χ3n) is 3.90. The number of hydrogen-bond acceptors (Lipinski definition) is 4. The van der Waals surface area contributed by atoms with Gasteiger partial charge in [0.05, 0.1) is 12.5 Å². The molecule has 0 saturated heterocycles. The summed E-state index contributed by atoms with van der Waals surface area (Å²) in [5, 5.41) is 0. The van der Waals surface area contributed by atoms with Crippen molar-refractivity contribution in [2.75, 3.05) is 13.1 Å². The van der Waals surface area contributed by atoms with E-state index in [9.17, 15) is 4.79 Å². The predicted octanol–water partition coefficient (Wildman–Crippen LogP) is 2.51. The van der Waals surface area contributed by atoms with Gasteiger partial charge >= 0.3 is 0 Å². The summed E-state index contributed by atoms with van der Waals surface area (Å²) >= 11 is 0. The van der Waals surface area contributed by atoms with Crippen LogP contribution in [0.15, 0.2) is 36.8 Å². The lowest BCUT2D eigenvalue weighted by Gasteiger charge is -2.18. The molecular weight excluding hydrogens is 290 g/mol. The van der Waals surface area contributed by atoms with Crippen molar-refractivity contribution >= 4 is 17.1 Å². The van der Waals surface area contributed by atoms with E-state index in [0.29, 0.717) is 30.1 Å². The number of aromatic nitrogens is 4. The summed E-state index contributed by atoms with van der Waals surface area (Å²) in [6.45, 7) is 5.33. The Morgan fingerprint density at radius 1 is 1.22 bits per heavy atom. The van der Waals surface area contributed by atoms with Crippen LogP contribution in [-0.4, -0.2) is 43.4 Å². The highest BCUT2D eigenvalue weighted by molar-refractivity contribution is 5.95. The van der Waals surface area contributed by atoms with Gasteiger partial charge in [0, 0.05) is 31.3 Å². The molecule has 2 heterocycles. The van der Waals surface area contributed by atoms with Gasteiger partial charge in [0.15, 0.2) is 11.5 Å². The van der Waals surface area contributed by atoms with Crippen LogP contribution in [0.25, 0.3) is 22.6 Å². The fourth-order valence-corrected chi connectivity index (χ4v) is 2.54. The van der Waals surface area contributed by atoms with Crippen molar-refractivity contribution in [1.29, 1.82) is 0 Å². The van der Waals surface area contributed by atoms with Crippen LogP contribution in [0.2, 0.25) is 0 Å². The van der Waals surface area contributed by atoms with E-state index in [1.54, 1.807) is 17.4 Å². The van der Waals surface area contributed by atoms with E-state index < -0.39 is 0 Å². The summed E-state index contributed by atoms with van der Waals surface area (Å²) in [7, 11) is 1.90. The highest BCUT2D eigenvalue weighted by Crippen LogP contribution is 2.19. The number of nitrogens with zero attached hydrogens (tertiary/aromatic N) is 5. The number of rotatable bonds is 4. The zero-order valence-electron chi connectivity index (χ0n) is 13.5. The molecule has 6 heteroatoms. The average Bonchev–Trinajstić information content (AvgIpc) is 2.96. The molecule has 0 aliphatic rings. The minimum atomic E-state index is 0.0239. The second kappa shape index (κ2) is 6.16. The van der Waals surface area contributed by atoms with Crippen LogP contribution >= 0.6 is 0 Å². The van der Waals surface area contributed by atoms with Crippen LogP contribution in [0, 0.1) is 0 Å². The first-order chi connectivity index (χ1) is 11.1. The lowest BCUT2D eigenvalue weighted by atomic mass is 10.1. The van der Waals surface area contributed by atoms with Crippen LogP contribution in [0.3, 0.4) is 0 Å². The van der Waals surface area contributed by atoms with Gasteiger partial charge in [-0.25, -0.2) is 15.0 Å². The lowest BCUT2D eigenvalue weighted by Crippen LogP contribution is -2.30. The monoisotopic (exact) mass is 309 g/mol. The van der Waals surface area contributed by atoms with Crippen molar-refractivity contribution in [1.82, 2.24) is 24.4 Å². The number of amides is 1. The Morgan fingerprint density at radius 2 is 2.00 bits per heavy atom. The van der Waals surface area contributed by atoms with Gasteiger partial charge in [-0.15, -0.1) is 0 Å². The minimum Gasteiger partial charge on any atom is -0.339 e. The van der Waals surface area contributed by atoms with Gasteiger partial charge < -0.3 is 9.47 Å². The molecule has 0 aliphatic heterocycles. The second-order valence-corrected chi connectivity index (χ2v) is 5.32. The maximum Gasteiger partial charge on any atom is 0.253 e. The highest BCUT2D eigenvalue weighted by atomic mass is 16.2. The number of aryl methyl sites for hydroxylation is 1. The zero-order valence-corrected chi connectivity index (χ0v) is 13.5. The van der Waals surface area contributed by atoms with E-state index >= 15 is 0 Å². The summed E-state index contributed by atoms with van der Waals surface area (Å²) in [6.07, 6.45) is 3.47. The van der Waals surface area contributed by atoms with E-state index in [-0.39, 0.29) is 5.91 Å². The molecule has 0 unspecified atom stereocenters. The van der Waals surface area contributed by atoms with Crippen molar-refractivity contribution in [3.63, 3.8) is 0 Å². The molecule has 0 atom stereocenters. The Hall–Kier alpha value is -2.76. The molecule has 0 saturated carbocycles. The zero-order chi connectivity index (χ0) is 16.4. The largest absolute Gasteiger partial charge is 0.339 e. The standard InChI is InChI=1S/C17H19N5O/c1-4-22(5-2)17(23)13-8-6-7-12(9-13)15-18-10-14-16(20-15)19-11-21(14)3/h6-11H,4-5H2,1-3H3. The van der Waals surface area contributed by atoms with Gasteiger partial charge in [0.2, 0.25) is 0 Å². The SMILES string of the molecule is CCN(CC)C(=O)c1cccc(-c2ncc3c(ncn3C)n2)c1. The van der Waals surface area contributed by atoms with Crippen molar-refractivity contribution in [2.24, 2.45) is 7.05 Å². The maximum absolute atomic E-state index is 12.5. The minimum absolute atomic E-state index is 0.0239. The van der Waals surface area contributed by atoms with E-state index in [1.807, 2.05) is 49.7 Å². The molecule has 0 N–H and O–H groups in total. The number of carbonyl (C=O) groups excluding carboxylic acids is 1. The summed E-state index contributed by atoms with van der Waals surface area (Å²) in [4.78, 5) is 27.4. The molecular formula is C17H19N5O. The summed E-state index contributed by atoms with van der Waals surface area (Å²) in [6, 6.07) is 7.43. The fraction of sp³-hybridized carbons (Fsp3) is 0.294. The van der Waals surface area contributed by atoms with Crippen LogP contribution in [0.4, 0.5) is 0 Å². The Bertz CT molecular complexity index is 851. The first kappa shape index (κ1) is 15.1. The lowest BCUT2D eigenvalue weighted by molar-refractivity contribution is 0.0773. The molecule has 1 aromatic carbocycles. The van der Waals surface area contributed by atoms with Gasteiger partial charge in [0.25, 0.3) is 5.91 Å². The maximum atomic E-state index is 12.5. The van der Waals surface area contributed by atoms with Gasteiger partial charge in [-0.1, -0.05) is 12.1 Å². The average molecular weight is 309 g/mol. The highest BCUT2D eigenvalue weighted by Gasteiger charge is 2.14. The van der Waals surface area contributed by atoms with Crippen LogP contribution in [-0.2, 0) is 7.05 Å². The summed E-state index contributed by atoms with van der Waals surface area (Å²) in [5.41, 5.74) is 2.99. The van der Waals surface area contributed by atoms with E-state index in [0.717, 1.165) is 11.1 Å². The van der Waals surface area contributed by atoms with Crippen LogP contribution in [0.1, 0.15) is 24.2 Å². The predicted molar refractivity (Wildman–Crippen MR) is 89.0 cm³/mol. The number of hydrogen-bond donors (Lipinski definition) is 0. The van der Waals surface area contributed by atoms with Crippen LogP contribution < -0.4 is 0 Å². The first-order valence-electron chi connectivity index (χ1n) is 7.67. The van der Waals surface area contributed by atoms with Crippen molar-refractivity contribution < 1.29 is 4.79 Å². The molecule has 0 radical (unpaired) electrons. The molecule has 1 amide bonds. The molecule has 2 aromatic heterocycles. The molecule has 6 nitrogen and oxygen atoms in total. The second-order valence-electron chi connectivity index (χ2n) is 5.32. The molecule has 23 heavy (non-hydrogen) atoms. The third-order valence-corrected chi connectivity index (χ3v) is 3.90. The molecule has 3 rings (SSSR count). The molecule has 0 fully saturated rings. The Labute approximate surface area is 134 Å². The van der Waals surface area contributed by atoms with Gasteiger partial charge in [-0.3, -0.25) is 4.79 Å². The normalized spacial score (nSPS) is 10.9. The van der Waals surface area contributed by atoms with E-state index in [2.05, 4.69) is 15.0 Å². The van der Waals surface area contributed by atoms with Gasteiger partial charge in [-0.05, 0) is 26.0 Å². The Morgan fingerprint density at radius 3 is 2.74 bits per heavy atom. The Balaban J connectivity index is 1.99. The van der Waals surface area contributed by atoms with Gasteiger partial charge in [-0.2, -0.15) is 0 Å². The molecule has 0 aliphatic carbocycles. The molecule has 0 spiro atoms. The van der Waals surface area contributed by atoms with Crippen molar-refractivity contribution in [3.05, 3.63) is 42.4 Å². The molecule has 118 valence electrons. The molecule has 0 bridgehead atoms. The molecule has 3 aromatic rings. The summed E-state index contributed by atoms with van der Waals surface area (Å²) in [5.74, 6) is 0.598. The fourth-order valence-electron chi connectivity index (χ4n) is 2.54.